The van der Waals surface area contributed by atoms with Crippen LogP contribution in [0.3, 0.4) is 0 Å². The number of allylic oxidation sites excluding steroid dienone is 5. The van der Waals surface area contributed by atoms with Crippen LogP contribution in [0, 0.1) is 0 Å². The fourth-order valence-corrected chi connectivity index (χ4v) is 16.3. The minimum Gasteiger partial charge on any atom is -0.333 e. The Morgan fingerprint density at radius 2 is 0.760 bits per heavy atom. The molecule has 0 saturated heterocycles. The normalized spacial score (nSPS) is 14.8. The van der Waals surface area contributed by atoms with E-state index in [-0.39, 0.29) is 12.1 Å². The van der Waals surface area contributed by atoms with Gasteiger partial charge in [-0.05, 0) is 161 Å². The molecule has 1 aliphatic heterocycles. The van der Waals surface area contributed by atoms with E-state index in [0.717, 1.165) is 91.1 Å². The second-order valence-corrected chi connectivity index (χ2v) is 26.5. The molecule has 0 fully saturated rings. The standard InChI is InChI=1S/C92H62N8/c1-7-34-85-75(26-1)76-27-2-8-35-86(76)97(85)70-22-13-18-59(48-70)63-42-44-95-83(53-63)84-54-64(43-45-96-84)60-19-14-25-73(49-60)100-90-39-12-5-30-79(90)81-33-17-32-74(92(81)100)65-40-41-91-82(52-65)80-31-6-11-38-89(80)99(91)72-24-16-21-62(51-72)67-47-69(58-94-56-67)68-46-66(55-93-57-68)61-20-15-23-71(50-61)98-87-36-9-3-28-77(87)78-29-4-10-37-88(78)98/h1-47,49-53,55-58,70,84H,48,54H2. The Morgan fingerprint density at radius 1 is 0.310 bits per heavy atom. The number of nitrogens with zero attached hydrogens (tertiary/aromatic N) is 8. The highest BCUT2D eigenvalue weighted by molar-refractivity contribution is 6.16. The summed E-state index contributed by atoms with van der Waals surface area (Å²) in [5.41, 5.74) is 27.2. The van der Waals surface area contributed by atoms with Gasteiger partial charge in [0.2, 0.25) is 0 Å². The van der Waals surface area contributed by atoms with Crippen LogP contribution in [0.2, 0.25) is 0 Å². The van der Waals surface area contributed by atoms with Crippen molar-refractivity contribution in [1.29, 1.82) is 0 Å². The van der Waals surface area contributed by atoms with E-state index in [1.165, 1.54) is 98.5 Å². The van der Waals surface area contributed by atoms with Gasteiger partial charge in [-0.3, -0.25) is 19.9 Å². The van der Waals surface area contributed by atoms with Gasteiger partial charge in [-0.2, -0.15) is 0 Å². The summed E-state index contributed by atoms with van der Waals surface area (Å²) in [5, 5.41) is 9.87. The van der Waals surface area contributed by atoms with Gasteiger partial charge in [-0.1, -0.05) is 188 Å². The molecule has 8 heteroatoms. The third-order valence-electron chi connectivity index (χ3n) is 20.9. The maximum Gasteiger partial charge on any atom is 0.0960 e. The first-order valence-electron chi connectivity index (χ1n) is 34.4. The highest BCUT2D eigenvalue weighted by atomic mass is 15.0. The molecule has 0 N–H and O–H groups in total. The van der Waals surface area contributed by atoms with Crippen molar-refractivity contribution in [3.05, 3.63) is 351 Å². The number of hydrogen-bond donors (Lipinski definition) is 0. The Bertz CT molecular complexity index is 6410. The Balaban J connectivity index is 0.602. The van der Waals surface area contributed by atoms with Gasteiger partial charge < -0.3 is 18.3 Å². The minimum absolute atomic E-state index is 0.126. The summed E-state index contributed by atoms with van der Waals surface area (Å²) in [4.78, 5) is 19.8. The van der Waals surface area contributed by atoms with Crippen molar-refractivity contribution in [2.24, 2.45) is 4.99 Å². The Morgan fingerprint density at radius 3 is 1.36 bits per heavy atom. The van der Waals surface area contributed by atoms with Gasteiger partial charge in [-0.15, -0.1) is 0 Å². The second kappa shape index (κ2) is 23.4. The van der Waals surface area contributed by atoms with Gasteiger partial charge in [0, 0.05) is 143 Å². The molecule has 18 aromatic rings. The average Bonchev–Trinajstić information content (AvgIpc) is 1.53. The summed E-state index contributed by atoms with van der Waals surface area (Å²) < 4.78 is 9.77. The van der Waals surface area contributed by atoms with E-state index in [0.29, 0.717) is 0 Å². The predicted molar refractivity (Wildman–Crippen MR) is 415 cm³/mol. The number of pyridine rings is 3. The molecule has 8 heterocycles. The molecule has 11 aromatic carbocycles. The van der Waals surface area contributed by atoms with Crippen LogP contribution in [-0.2, 0) is 0 Å². The summed E-state index contributed by atoms with van der Waals surface area (Å²) in [6.45, 7) is 0. The van der Waals surface area contributed by atoms with Crippen molar-refractivity contribution < 1.29 is 0 Å². The van der Waals surface area contributed by atoms with E-state index in [9.17, 15) is 0 Å². The molecule has 20 rings (SSSR count). The van der Waals surface area contributed by atoms with Gasteiger partial charge in [0.25, 0.3) is 0 Å². The van der Waals surface area contributed by atoms with Crippen molar-refractivity contribution in [2.45, 2.75) is 24.9 Å². The quantitative estimate of drug-likeness (QED) is 0.130. The van der Waals surface area contributed by atoms with Crippen molar-refractivity contribution in [3.63, 3.8) is 0 Å². The second-order valence-electron chi connectivity index (χ2n) is 26.5. The topological polar surface area (TPSA) is 70.8 Å². The summed E-state index contributed by atoms with van der Waals surface area (Å²) in [6, 6.07) is 102. The molecule has 470 valence electrons. The van der Waals surface area contributed by atoms with E-state index in [1.807, 2.05) is 37.2 Å². The van der Waals surface area contributed by atoms with E-state index >= 15 is 0 Å². The van der Waals surface area contributed by atoms with Crippen LogP contribution in [0.15, 0.2) is 339 Å². The highest BCUT2D eigenvalue weighted by Crippen LogP contribution is 2.45. The number of dihydropyridines is 1. The van der Waals surface area contributed by atoms with E-state index in [1.54, 1.807) is 0 Å². The smallest absolute Gasteiger partial charge is 0.0960 e. The molecule has 0 bridgehead atoms. The first-order chi connectivity index (χ1) is 49.6. The summed E-state index contributed by atoms with van der Waals surface area (Å²) in [5.74, 6) is 0. The lowest BCUT2D eigenvalue weighted by Gasteiger charge is -2.23. The molecule has 0 radical (unpaired) electrons. The molecule has 1 aliphatic carbocycles. The lowest BCUT2D eigenvalue weighted by Crippen LogP contribution is -2.10. The summed E-state index contributed by atoms with van der Waals surface area (Å²) in [6.07, 6.45) is 22.4. The van der Waals surface area contributed by atoms with Crippen molar-refractivity contribution in [1.82, 2.24) is 33.2 Å². The van der Waals surface area contributed by atoms with Crippen molar-refractivity contribution in [3.8, 4) is 61.6 Å². The molecule has 0 spiro atoms. The van der Waals surface area contributed by atoms with Crippen LogP contribution in [0.1, 0.15) is 41.7 Å². The van der Waals surface area contributed by atoms with Crippen LogP contribution in [0.25, 0.3) is 160 Å². The molecule has 7 aromatic heterocycles. The molecular weight excluding hydrogens is 1220 g/mol. The number of aliphatic imine (C=N–C) groups is 1. The van der Waals surface area contributed by atoms with Crippen LogP contribution >= 0.6 is 0 Å². The first kappa shape index (κ1) is 57.2. The monoisotopic (exact) mass is 1280 g/mol. The molecule has 8 nitrogen and oxygen atoms in total. The molecule has 2 atom stereocenters. The predicted octanol–water partition coefficient (Wildman–Crippen LogP) is 23.1. The highest BCUT2D eigenvalue weighted by Gasteiger charge is 2.25. The minimum atomic E-state index is -0.126. The van der Waals surface area contributed by atoms with Crippen LogP contribution in [0.5, 0.6) is 0 Å². The molecular formula is C92H62N8. The van der Waals surface area contributed by atoms with Gasteiger partial charge in [0.15, 0.2) is 0 Å². The fourth-order valence-electron chi connectivity index (χ4n) is 16.3. The zero-order valence-electron chi connectivity index (χ0n) is 54.5. The lowest BCUT2D eigenvalue weighted by molar-refractivity contribution is 0.656. The number of aromatic nitrogens is 7. The van der Waals surface area contributed by atoms with Crippen molar-refractivity contribution >= 4 is 105 Å². The Labute approximate surface area is 577 Å². The van der Waals surface area contributed by atoms with Gasteiger partial charge in [-0.25, -0.2) is 0 Å². The number of fused-ring (bicyclic) bond motifs is 12. The molecule has 2 unspecified atom stereocenters. The van der Waals surface area contributed by atoms with E-state index in [2.05, 4.69) is 322 Å². The van der Waals surface area contributed by atoms with Gasteiger partial charge in [0.05, 0.1) is 50.9 Å². The fraction of sp³-hybridized carbons (Fsp3) is 0.0435. The largest absolute Gasteiger partial charge is 0.333 e. The SMILES string of the molecule is C1=CC(n2c3ccccc3c3ccccc32)CC(c2ccnc(C3CC(c4cccc(-n5c6ccccc6c6cccc(-c7ccc8c(c7)c7ccccc7n8-c7cccc(-c8cncc(-c9cncc(-c%10cccc(-n%11c%12ccccc%12c%12ccccc%12%11)c%10)c9)c8)c7)c65)c4)=CC=N3)c2)=C1. The molecule has 2 aliphatic rings. The molecule has 0 amide bonds. The number of rotatable bonds is 11. The number of benzene rings is 11. The zero-order valence-corrected chi connectivity index (χ0v) is 54.5. The van der Waals surface area contributed by atoms with Gasteiger partial charge in [0.1, 0.15) is 0 Å². The number of hydrogen-bond acceptors (Lipinski definition) is 4. The van der Waals surface area contributed by atoms with Gasteiger partial charge >= 0.3 is 0 Å². The van der Waals surface area contributed by atoms with E-state index < -0.39 is 0 Å². The third-order valence-corrected chi connectivity index (χ3v) is 20.9. The van der Waals surface area contributed by atoms with Crippen LogP contribution < -0.4 is 0 Å². The first-order valence-corrected chi connectivity index (χ1v) is 34.4. The Kier molecular flexibility index (Phi) is 13.4. The Hall–Kier alpha value is -13.0. The summed E-state index contributed by atoms with van der Waals surface area (Å²) >= 11 is 0. The van der Waals surface area contributed by atoms with Crippen LogP contribution in [-0.4, -0.2) is 39.4 Å². The third kappa shape index (κ3) is 9.43. The van der Waals surface area contributed by atoms with Crippen molar-refractivity contribution in [2.75, 3.05) is 0 Å². The maximum absolute atomic E-state index is 5.09. The number of para-hydroxylation sites is 7. The zero-order chi connectivity index (χ0) is 65.8. The molecule has 0 saturated carbocycles. The van der Waals surface area contributed by atoms with E-state index in [4.69, 9.17) is 19.9 Å². The maximum atomic E-state index is 5.09. The van der Waals surface area contributed by atoms with Crippen LogP contribution in [0.4, 0.5) is 0 Å². The summed E-state index contributed by atoms with van der Waals surface area (Å²) in [7, 11) is 0. The lowest BCUT2D eigenvalue weighted by atomic mass is 9.91. The average molecular weight is 1280 g/mol. The molecule has 100 heavy (non-hydrogen) atoms.